The molecule has 136 valence electrons. The van der Waals surface area contributed by atoms with E-state index in [-0.39, 0.29) is 13.2 Å². The first-order valence-electron chi connectivity index (χ1n) is 8.29. The Balaban J connectivity index is 1.46. The van der Waals surface area contributed by atoms with Crippen LogP contribution in [0, 0.1) is 0 Å². The second kappa shape index (κ2) is 9.15. The highest BCUT2D eigenvalue weighted by atomic mass is 16.6. The molecule has 0 radical (unpaired) electrons. The first kappa shape index (κ1) is 18.1. The van der Waals surface area contributed by atoms with Crippen LogP contribution in [-0.2, 0) is 4.74 Å². The van der Waals surface area contributed by atoms with Crippen molar-refractivity contribution in [3.63, 3.8) is 0 Å². The maximum atomic E-state index is 12.0. The Morgan fingerprint density at radius 2 is 1.37 bits per heavy atom. The highest BCUT2D eigenvalue weighted by molar-refractivity contribution is 5.91. The second-order valence-corrected chi connectivity index (χ2v) is 5.45. The van der Waals surface area contributed by atoms with Gasteiger partial charge in [0.25, 0.3) is 0 Å². The fourth-order valence-electron chi connectivity index (χ4n) is 2.21. The lowest BCUT2D eigenvalue weighted by Crippen LogP contribution is -2.12. The molecule has 0 bridgehead atoms. The molecule has 0 saturated heterocycles. The monoisotopic (exact) mass is 363 g/mol. The second-order valence-electron chi connectivity index (χ2n) is 5.45. The minimum absolute atomic E-state index is 0.131. The van der Waals surface area contributed by atoms with E-state index >= 15 is 0 Å². The lowest BCUT2D eigenvalue weighted by atomic mass is 10.2. The van der Waals surface area contributed by atoms with E-state index in [0.29, 0.717) is 22.6 Å². The lowest BCUT2D eigenvalue weighted by Gasteiger charge is -2.08. The summed E-state index contributed by atoms with van der Waals surface area (Å²) in [7, 11) is 0. The Hall–Kier alpha value is -3.67. The van der Waals surface area contributed by atoms with Crippen molar-refractivity contribution >= 4 is 11.9 Å². The number of hydrogen-bond donors (Lipinski definition) is 0. The quantitative estimate of drug-likeness (QED) is 0.363. The van der Waals surface area contributed by atoms with Gasteiger partial charge >= 0.3 is 11.9 Å². The van der Waals surface area contributed by atoms with Gasteiger partial charge in [-0.3, -0.25) is 4.98 Å². The number of aromatic nitrogens is 1. The molecular formula is C21H17NO5. The van der Waals surface area contributed by atoms with E-state index in [1.165, 1.54) is 36.7 Å². The van der Waals surface area contributed by atoms with Crippen LogP contribution in [0.2, 0.25) is 0 Å². The van der Waals surface area contributed by atoms with Crippen LogP contribution in [0.25, 0.3) is 0 Å². The molecule has 2 aromatic carbocycles. The summed E-state index contributed by atoms with van der Waals surface area (Å²) in [4.78, 5) is 27.8. The zero-order valence-electron chi connectivity index (χ0n) is 14.4. The van der Waals surface area contributed by atoms with Crippen molar-refractivity contribution in [3.8, 4) is 11.5 Å². The van der Waals surface area contributed by atoms with Gasteiger partial charge in [0.05, 0.1) is 11.1 Å². The van der Waals surface area contributed by atoms with Crippen LogP contribution in [0.5, 0.6) is 11.5 Å². The number of nitrogens with zero attached hydrogens (tertiary/aromatic N) is 1. The third-order valence-electron chi connectivity index (χ3n) is 3.55. The normalized spacial score (nSPS) is 10.1. The van der Waals surface area contributed by atoms with Crippen LogP contribution < -0.4 is 9.47 Å². The molecule has 0 N–H and O–H groups in total. The van der Waals surface area contributed by atoms with Crippen LogP contribution in [-0.4, -0.2) is 30.1 Å². The molecule has 3 rings (SSSR count). The summed E-state index contributed by atoms with van der Waals surface area (Å²) in [6, 6.07) is 18.6. The van der Waals surface area contributed by atoms with Crippen molar-refractivity contribution in [2.45, 2.75) is 0 Å². The van der Waals surface area contributed by atoms with Gasteiger partial charge in [-0.15, -0.1) is 0 Å². The standard InChI is InChI=1S/C21H17NO5/c23-20(26-15-14-25-18-4-2-1-3-5-18)16-6-8-19(9-7-16)27-21(24)17-10-12-22-13-11-17/h1-13H,14-15H2. The first-order valence-corrected chi connectivity index (χ1v) is 8.29. The van der Waals surface area contributed by atoms with Crippen LogP contribution in [0.1, 0.15) is 20.7 Å². The fraction of sp³-hybridized carbons (Fsp3) is 0.0952. The Kier molecular flexibility index (Phi) is 6.14. The molecule has 0 aliphatic carbocycles. The molecule has 6 heteroatoms. The molecule has 1 heterocycles. The van der Waals surface area contributed by atoms with Gasteiger partial charge < -0.3 is 14.2 Å². The fourth-order valence-corrected chi connectivity index (χ4v) is 2.21. The highest BCUT2D eigenvalue weighted by Crippen LogP contribution is 2.15. The summed E-state index contributed by atoms with van der Waals surface area (Å²) in [6.45, 7) is 0.393. The summed E-state index contributed by atoms with van der Waals surface area (Å²) < 4.78 is 15.9. The van der Waals surface area contributed by atoms with Gasteiger partial charge in [0.1, 0.15) is 24.7 Å². The van der Waals surface area contributed by atoms with E-state index in [1.807, 2.05) is 30.3 Å². The topological polar surface area (TPSA) is 74.7 Å². The molecule has 0 unspecified atom stereocenters. The van der Waals surface area contributed by atoms with Crippen LogP contribution in [0.15, 0.2) is 79.1 Å². The lowest BCUT2D eigenvalue weighted by molar-refractivity contribution is 0.0450. The average Bonchev–Trinajstić information content (AvgIpc) is 2.73. The van der Waals surface area contributed by atoms with Crippen molar-refractivity contribution in [3.05, 3.63) is 90.3 Å². The number of carbonyl (C=O) groups excluding carboxylic acids is 2. The van der Waals surface area contributed by atoms with E-state index in [0.717, 1.165) is 0 Å². The molecule has 0 fully saturated rings. The Bertz CT molecular complexity index is 879. The minimum Gasteiger partial charge on any atom is -0.490 e. The number of ether oxygens (including phenoxy) is 3. The van der Waals surface area contributed by atoms with Gasteiger partial charge in [-0.25, -0.2) is 9.59 Å². The maximum Gasteiger partial charge on any atom is 0.343 e. The summed E-state index contributed by atoms with van der Waals surface area (Å²) in [6.07, 6.45) is 3.02. The molecule has 27 heavy (non-hydrogen) atoms. The van der Waals surface area contributed by atoms with E-state index in [4.69, 9.17) is 14.2 Å². The number of carbonyl (C=O) groups is 2. The van der Waals surface area contributed by atoms with E-state index in [9.17, 15) is 9.59 Å². The zero-order chi connectivity index (χ0) is 18.9. The van der Waals surface area contributed by atoms with Crippen molar-refractivity contribution < 1.29 is 23.8 Å². The zero-order valence-corrected chi connectivity index (χ0v) is 14.4. The Morgan fingerprint density at radius 3 is 2.07 bits per heavy atom. The third kappa shape index (κ3) is 5.40. The highest BCUT2D eigenvalue weighted by Gasteiger charge is 2.10. The Morgan fingerprint density at radius 1 is 0.704 bits per heavy atom. The molecule has 0 aliphatic heterocycles. The summed E-state index contributed by atoms with van der Waals surface area (Å²) in [5.41, 5.74) is 0.755. The smallest absolute Gasteiger partial charge is 0.343 e. The Labute approximate surface area is 156 Å². The van der Waals surface area contributed by atoms with Crippen molar-refractivity contribution in [2.24, 2.45) is 0 Å². The third-order valence-corrected chi connectivity index (χ3v) is 3.55. The molecule has 0 amide bonds. The predicted molar refractivity (Wildman–Crippen MR) is 97.9 cm³/mol. The summed E-state index contributed by atoms with van der Waals surface area (Å²) in [5, 5.41) is 0. The molecule has 0 atom stereocenters. The van der Waals surface area contributed by atoms with Gasteiger partial charge in [-0.2, -0.15) is 0 Å². The average molecular weight is 363 g/mol. The predicted octanol–water partition coefficient (Wildman–Crippen LogP) is 3.54. The summed E-state index contributed by atoms with van der Waals surface area (Å²) in [5.74, 6) is 0.0825. The minimum atomic E-state index is -0.495. The number of hydrogen-bond acceptors (Lipinski definition) is 6. The molecule has 0 spiro atoms. The number of benzene rings is 2. The molecule has 1 aromatic heterocycles. The number of para-hydroxylation sites is 1. The van der Waals surface area contributed by atoms with E-state index in [1.54, 1.807) is 12.1 Å². The van der Waals surface area contributed by atoms with Crippen LogP contribution in [0.4, 0.5) is 0 Å². The van der Waals surface area contributed by atoms with Gasteiger partial charge in [0.2, 0.25) is 0 Å². The first-order chi connectivity index (χ1) is 13.2. The maximum absolute atomic E-state index is 12.0. The van der Waals surface area contributed by atoms with Crippen molar-refractivity contribution in [1.29, 1.82) is 0 Å². The largest absolute Gasteiger partial charge is 0.490 e. The van der Waals surface area contributed by atoms with E-state index in [2.05, 4.69) is 4.98 Å². The van der Waals surface area contributed by atoms with Crippen LogP contribution >= 0.6 is 0 Å². The van der Waals surface area contributed by atoms with Gasteiger partial charge in [0, 0.05) is 12.4 Å². The van der Waals surface area contributed by atoms with Gasteiger partial charge in [-0.05, 0) is 48.5 Å². The molecule has 0 aliphatic rings. The SMILES string of the molecule is O=C(OCCOc1ccccc1)c1ccc(OC(=O)c2ccncc2)cc1. The van der Waals surface area contributed by atoms with Crippen molar-refractivity contribution in [1.82, 2.24) is 4.98 Å². The number of rotatable bonds is 7. The van der Waals surface area contributed by atoms with E-state index < -0.39 is 11.9 Å². The molecular weight excluding hydrogens is 346 g/mol. The van der Waals surface area contributed by atoms with Crippen molar-refractivity contribution in [2.75, 3.05) is 13.2 Å². The van der Waals surface area contributed by atoms with Crippen LogP contribution in [0.3, 0.4) is 0 Å². The molecule has 3 aromatic rings. The summed E-state index contributed by atoms with van der Waals surface area (Å²) >= 11 is 0. The molecule has 0 saturated carbocycles. The molecule has 6 nitrogen and oxygen atoms in total. The van der Waals surface area contributed by atoms with Gasteiger partial charge in [-0.1, -0.05) is 18.2 Å². The number of esters is 2. The number of pyridine rings is 1. The van der Waals surface area contributed by atoms with Gasteiger partial charge in [0.15, 0.2) is 0 Å².